The third-order valence-electron chi connectivity index (χ3n) is 1.43. The maximum absolute atomic E-state index is 9.98. The van der Waals surface area contributed by atoms with Gasteiger partial charge in [0.1, 0.15) is 0 Å². The van der Waals surface area contributed by atoms with E-state index in [1.807, 2.05) is 30.3 Å². The lowest BCUT2D eigenvalue weighted by Gasteiger charge is -1.94. The van der Waals surface area contributed by atoms with Crippen LogP contribution in [0.4, 0.5) is 0 Å². The van der Waals surface area contributed by atoms with E-state index < -0.39 is 0 Å². The molecule has 0 saturated heterocycles. The Morgan fingerprint density at radius 1 is 1.25 bits per heavy atom. The van der Waals surface area contributed by atoms with E-state index in [1.165, 1.54) is 0 Å². The van der Waals surface area contributed by atoms with Crippen molar-refractivity contribution in [1.82, 2.24) is 0 Å². The van der Waals surface area contributed by atoms with Gasteiger partial charge in [0, 0.05) is 11.3 Å². The largest absolute Gasteiger partial charge is 0.412 e. The molecule has 1 rings (SSSR count). The summed E-state index contributed by atoms with van der Waals surface area (Å²) in [4.78, 5) is 9.68. The molecule has 0 aromatic heterocycles. The molecular weight excluding hydrogens is 158 g/mol. The van der Waals surface area contributed by atoms with Crippen molar-refractivity contribution in [2.45, 2.75) is 6.42 Å². The maximum atomic E-state index is 9.98. The van der Waals surface area contributed by atoms with Crippen LogP contribution in [0.2, 0.25) is 0 Å². The lowest BCUT2D eigenvalue weighted by Crippen LogP contribution is -2.03. The topological polar surface area (TPSA) is 74.6 Å². The summed E-state index contributed by atoms with van der Waals surface area (Å²) in [5.41, 5.74) is 1.02. The number of hydrogen-bond donors (Lipinski definition) is 0. The second kappa shape index (κ2) is 5.26. The third kappa shape index (κ3) is 3.68. The van der Waals surface area contributed by atoms with Crippen LogP contribution in [0.1, 0.15) is 5.56 Å². The second-order valence-corrected chi connectivity index (χ2v) is 2.29. The minimum atomic E-state index is -0.299. The molecule has 0 aliphatic heterocycles. The van der Waals surface area contributed by atoms with Gasteiger partial charge >= 0.3 is 0 Å². The van der Waals surface area contributed by atoms with Gasteiger partial charge in [-0.2, -0.15) is 0 Å². The van der Waals surface area contributed by atoms with E-state index in [4.69, 9.17) is 0 Å². The molecular formula is C8H11NO3. The minimum Gasteiger partial charge on any atom is -0.412 e. The van der Waals surface area contributed by atoms with Gasteiger partial charge in [0.2, 0.25) is 6.54 Å². The van der Waals surface area contributed by atoms with Crippen LogP contribution in [0.3, 0.4) is 0 Å². The quantitative estimate of drug-likeness (QED) is 0.493. The first kappa shape index (κ1) is 10.6. The first-order chi connectivity index (χ1) is 5.29. The van der Waals surface area contributed by atoms with E-state index in [0.717, 1.165) is 5.56 Å². The molecule has 0 unspecified atom stereocenters. The minimum absolute atomic E-state index is 0. The van der Waals surface area contributed by atoms with Gasteiger partial charge in [0.25, 0.3) is 0 Å². The van der Waals surface area contributed by atoms with Crippen LogP contribution in [0.25, 0.3) is 0 Å². The zero-order valence-electron chi connectivity index (χ0n) is 6.56. The molecule has 4 nitrogen and oxygen atoms in total. The van der Waals surface area contributed by atoms with Gasteiger partial charge < -0.3 is 5.48 Å². The average Bonchev–Trinajstić information content (AvgIpc) is 2.03. The van der Waals surface area contributed by atoms with Crippen LogP contribution >= 0.6 is 0 Å². The number of nitrogens with zero attached hydrogens (tertiary/aromatic N) is 1. The number of nitro groups is 1. The van der Waals surface area contributed by atoms with Crippen molar-refractivity contribution in [2.24, 2.45) is 0 Å². The Morgan fingerprint density at radius 2 is 1.83 bits per heavy atom. The van der Waals surface area contributed by atoms with Crippen molar-refractivity contribution in [1.29, 1.82) is 0 Å². The van der Waals surface area contributed by atoms with Crippen LogP contribution in [0.15, 0.2) is 30.3 Å². The highest BCUT2D eigenvalue weighted by molar-refractivity contribution is 5.14. The van der Waals surface area contributed by atoms with E-state index in [-0.39, 0.29) is 16.9 Å². The summed E-state index contributed by atoms with van der Waals surface area (Å²) in [6, 6.07) is 9.45. The lowest BCUT2D eigenvalue weighted by molar-refractivity contribution is -0.479. The van der Waals surface area contributed by atoms with E-state index in [1.54, 1.807) is 0 Å². The normalized spacial score (nSPS) is 8.67. The molecule has 0 fully saturated rings. The van der Waals surface area contributed by atoms with Gasteiger partial charge in [0.15, 0.2) is 0 Å². The standard InChI is InChI=1S/C8H9NO2.H2O/c10-9(11)7-6-8-4-2-1-3-5-8;/h1-5H,6-7H2;1H2. The summed E-state index contributed by atoms with van der Waals surface area (Å²) in [7, 11) is 0. The molecule has 1 aromatic rings. The molecule has 66 valence electrons. The molecule has 1 aromatic carbocycles. The maximum Gasteiger partial charge on any atom is 0.207 e. The molecule has 0 aliphatic carbocycles. The highest BCUT2D eigenvalue weighted by Gasteiger charge is 1.97. The van der Waals surface area contributed by atoms with Crippen molar-refractivity contribution >= 4 is 0 Å². The molecule has 0 amide bonds. The Balaban J connectivity index is 0.00000121. The first-order valence-electron chi connectivity index (χ1n) is 3.45. The van der Waals surface area contributed by atoms with E-state index in [0.29, 0.717) is 6.42 Å². The predicted octanol–water partition coefficient (Wildman–Crippen LogP) is 0.681. The zero-order valence-corrected chi connectivity index (χ0v) is 6.56. The van der Waals surface area contributed by atoms with Crippen LogP contribution in [-0.2, 0) is 6.42 Å². The summed E-state index contributed by atoms with van der Waals surface area (Å²) < 4.78 is 0. The molecule has 0 spiro atoms. The second-order valence-electron chi connectivity index (χ2n) is 2.29. The van der Waals surface area contributed by atoms with E-state index >= 15 is 0 Å². The molecule has 4 heteroatoms. The van der Waals surface area contributed by atoms with Gasteiger partial charge in [-0.05, 0) is 5.56 Å². The van der Waals surface area contributed by atoms with Crippen molar-refractivity contribution in [3.8, 4) is 0 Å². The van der Waals surface area contributed by atoms with Crippen molar-refractivity contribution < 1.29 is 10.4 Å². The van der Waals surface area contributed by atoms with Crippen molar-refractivity contribution in [2.75, 3.05) is 6.54 Å². The first-order valence-corrected chi connectivity index (χ1v) is 3.45. The summed E-state index contributed by atoms with van der Waals surface area (Å²) in [6.45, 7) is 0.0179. The predicted molar refractivity (Wildman–Crippen MR) is 45.6 cm³/mol. The zero-order chi connectivity index (χ0) is 8.10. The smallest absolute Gasteiger partial charge is 0.207 e. The third-order valence-corrected chi connectivity index (χ3v) is 1.43. The molecule has 0 bridgehead atoms. The highest BCUT2D eigenvalue weighted by atomic mass is 16.6. The molecule has 0 saturated carbocycles. The molecule has 2 N–H and O–H groups in total. The molecule has 12 heavy (non-hydrogen) atoms. The van der Waals surface area contributed by atoms with Gasteiger partial charge in [0.05, 0.1) is 0 Å². The Morgan fingerprint density at radius 3 is 2.33 bits per heavy atom. The SMILES string of the molecule is O.O=[N+]([O-])CCc1ccccc1. The lowest BCUT2D eigenvalue weighted by atomic mass is 10.2. The molecule has 0 heterocycles. The van der Waals surface area contributed by atoms with Crippen LogP contribution < -0.4 is 0 Å². The van der Waals surface area contributed by atoms with Gasteiger partial charge in [-0.25, -0.2) is 0 Å². The van der Waals surface area contributed by atoms with Gasteiger partial charge in [-0.1, -0.05) is 30.3 Å². The Kier molecular flexibility index (Phi) is 4.64. The fourth-order valence-electron chi connectivity index (χ4n) is 0.865. The van der Waals surface area contributed by atoms with E-state index in [9.17, 15) is 10.1 Å². The van der Waals surface area contributed by atoms with Crippen LogP contribution in [-0.4, -0.2) is 16.9 Å². The summed E-state index contributed by atoms with van der Waals surface area (Å²) in [5, 5.41) is 9.98. The van der Waals surface area contributed by atoms with Gasteiger partial charge in [-0.15, -0.1) is 0 Å². The fourth-order valence-corrected chi connectivity index (χ4v) is 0.865. The van der Waals surface area contributed by atoms with E-state index in [2.05, 4.69) is 0 Å². The van der Waals surface area contributed by atoms with Crippen LogP contribution in [0, 0.1) is 10.1 Å². The summed E-state index contributed by atoms with van der Waals surface area (Å²) in [5.74, 6) is 0. The average molecular weight is 169 g/mol. The number of benzene rings is 1. The highest BCUT2D eigenvalue weighted by Crippen LogP contribution is 1.98. The summed E-state index contributed by atoms with van der Waals surface area (Å²) >= 11 is 0. The molecule has 0 aliphatic rings. The fraction of sp³-hybridized carbons (Fsp3) is 0.250. The molecule has 0 atom stereocenters. The van der Waals surface area contributed by atoms with Crippen molar-refractivity contribution in [3.05, 3.63) is 46.0 Å². The Hall–Kier alpha value is -1.42. The summed E-state index contributed by atoms with van der Waals surface area (Å²) in [6.07, 6.45) is 0.522. The Labute approximate surface area is 70.3 Å². The van der Waals surface area contributed by atoms with Gasteiger partial charge in [-0.3, -0.25) is 10.1 Å². The number of hydrogen-bond acceptors (Lipinski definition) is 2. The van der Waals surface area contributed by atoms with Crippen LogP contribution in [0.5, 0.6) is 0 Å². The van der Waals surface area contributed by atoms with Crippen molar-refractivity contribution in [3.63, 3.8) is 0 Å². The number of rotatable bonds is 3. The molecule has 0 radical (unpaired) electrons. The monoisotopic (exact) mass is 169 g/mol. The Bertz CT molecular complexity index is 235.